The van der Waals surface area contributed by atoms with E-state index in [1.807, 2.05) is 11.9 Å². The van der Waals surface area contributed by atoms with Gasteiger partial charge < -0.3 is 10.2 Å². The van der Waals surface area contributed by atoms with Gasteiger partial charge in [-0.3, -0.25) is 4.79 Å². The Morgan fingerprint density at radius 1 is 1.47 bits per heavy atom. The minimum atomic E-state index is 0.101. The van der Waals surface area contributed by atoms with Crippen molar-refractivity contribution in [2.75, 3.05) is 20.1 Å². The Balaban J connectivity index is 2.45. The van der Waals surface area contributed by atoms with Crippen LogP contribution < -0.4 is 5.32 Å². The summed E-state index contributed by atoms with van der Waals surface area (Å²) in [6, 6.07) is 0.489. The highest BCUT2D eigenvalue weighted by Gasteiger charge is 2.25. The van der Waals surface area contributed by atoms with Crippen molar-refractivity contribution in [3.8, 4) is 0 Å². The van der Waals surface area contributed by atoms with E-state index < -0.39 is 0 Å². The molecule has 1 aliphatic rings. The minimum Gasteiger partial charge on any atom is -0.341 e. The lowest BCUT2D eigenvalue weighted by atomic mass is 9.91. The van der Waals surface area contributed by atoms with E-state index in [4.69, 9.17) is 0 Å². The van der Waals surface area contributed by atoms with Crippen LogP contribution in [0.5, 0.6) is 0 Å². The molecule has 1 unspecified atom stereocenters. The van der Waals surface area contributed by atoms with E-state index in [0.29, 0.717) is 18.4 Å². The van der Waals surface area contributed by atoms with Gasteiger partial charge in [0, 0.05) is 25.6 Å². The molecule has 3 heteroatoms. The van der Waals surface area contributed by atoms with Crippen molar-refractivity contribution in [3.05, 3.63) is 0 Å². The zero-order valence-corrected chi connectivity index (χ0v) is 10.5. The molecule has 1 amide bonds. The van der Waals surface area contributed by atoms with Crippen LogP contribution in [0.4, 0.5) is 0 Å². The summed E-state index contributed by atoms with van der Waals surface area (Å²) in [6.45, 7) is 8.16. The third-order valence-electron chi connectivity index (χ3n) is 2.86. The molecule has 0 aromatic carbocycles. The van der Waals surface area contributed by atoms with Gasteiger partial charge in [0.1, 0.15) is 0 Å². The fraction of sp³-hybridized carbons (Fsp3) is 0.917. The molecular weight excluding hydrogens is 188 g/mol. The fourth-order valence-electron chi connectivity index (χ4n) is 2.00. The van der Waals surface area contributed by atoms with Crippen molar-refractivity contribution in [2.45, 2.75) is 46.1 Å². The highest BCUT2D eigenvalue weighted by atomic mass is 16.2. The monoisotopic (exact) mass is 212 g/mol. The maximum atomic E-state index is 12.0. The van der Waals surface area contributed by atoms with Crippen LogP contribution >= 0.6 is 0 Å². The van der Waals surface area contributed by atoms with E-state index in [2.05, 4.69) is 26.1 Å². The Bertz CT molecular complexity index is 220. The molecule has 1 heterocycles. The molecule has 0 aromatic rings. The van der Waals surface area contributed by atoms with Crippen LogP contribution in [0.15, 0.2) is 0 Å². The molecule has 0 aromatic heterocycles. The van der Waals surface area contributed by atoms with Crippen molar-refractivity contribution >= 4 is 5.91 Å². The molecule has 0 radical (unpaired) electrons. The fourth-order valence-corrected chi connectivity index (χ4v) is 2.00. The van der Waals surface area contributed by atoms with Crippen LogP contribution in [0.25, 0.3) is 0 Å². The van der Waals surface area contributed by atoms with E-state index in [0.717, 1.165) is 19.5 Å². The molecule has 0 spiro atoms. The molecule has 0 bridgehead atoms. The molecule has 1 fully saturated rings. The molecule has 88 valence electrons. The van der Waals surface area contributed by atoms with Crippen LogP contribution in [-0.2, 0) is 4.79 Å². The number of rotatable bonds is 2. The third kappa shape index (κ3) is 4.20. The van der Waals surface area contributed by atoms with E-state index >= 15 is 0 Å². The molecule has 0 saturated carbocycles. The lowest BCUT2D eigenvalue weighted by Crippen LogP contribution is -2.47. The number of piperidine rings is 1. The molecule has 0 aliphatic carbocycles. The van der Waals surface area contributed by atoms with Crippen LogP contribution in [-0.4, -0.2) is 37.0 Å². The van der Waals surface area contributed by atoms with E-state index in [1.54, 1.807) is 0 Å². The second kappa shape index (κ2) is 4.97. The Morgan fingerprint density at radius 3 is 2.67 bits per heavy atom. The number of likely N-dealkylation sites (tertiary alicyclic amines) is 1. The maximum absolute atomic E-state index is 12.0. The number of carbonyl (C=O) groups is 1. The Hall–Kier alpha value is -0.570. The first-order valence-electron chi connectivity index (χ1n) is 5.87. The number of carbonyl (C=O) groups excluding carboxylic acids is 1. The molecule has 1 rings (SSSR count). The number of hydrogen-bond acceptors (Lipinski definition) is 2. The van der Waals surface area contributed by atoms with Gasteiger partial charge in [-0.05, 0) is 25.3 Å². The number of amides is 1. The Kier molecular flexibility index (Phi) is 4.14. The molecule has 3 nitrogen and oxygen atoms in total. The van der Waals surface area contributed by atoms with Crippen LogP contribution in [0.3, 0.4) is 0 Å². The topological polar surface area (TPSA) is 32.3 Å². The van der Waals surface area contributed by atoms with Crippen LogP contribution in [0, 0.1) is 5.41 Å². The van der Waals surface area contributed by atoms with Crippen molar-refractivity contribution in [2.24, 2.45) is 5.41 Å². The van der Waals surface area contributed by atoms with Crippen molar-refractivity contribution in [3.63, 3.8) is 0 Å². The summed E-state index contributed by atoms with van der Waals surface area (Å²) >= 11 is 0. The normalized spacial score (nSPS) is 22.9. The van der Waals surface area contributed by atoms with Gasteiger partial charge in [0.2, 0.25) is 5.91 Å². The lowest BCUT2D eigenvalue weighted by Gasteiger charge is -2.34. The van der Waals surface area contributed by atoms with E-state index in [-0.39, 0.29) is 5.41 Å². The summed E-state index contributed by atoms with van der Waals surface area (Å²) < 4.78 is 0. The lowest BCUT2D eigenvalue weighted by molar-refractivity contribution is -0.134. The van der Waals surface area contributed by atoms with Crippen molar-refractivity contribution in [1.82, 2.24) is 10.2 Å². The zero-order chi connectivity index (χ0) is 11.5. The highest BCUT2D eigenvalue weighted by Crippen LogP contribution is 2.21. The third-order valence-corrected chi connectivity index (χ3v) is 2.86. The summed E-state index contributed by atoms with van der Waals surface area (Å²) in [5.74, 6) is 0.308. The quantitative estimate of drug-likeness (QED) is 0.754. The van der Waals surface area contributed by atoms with Gasteiger partial charge >= 0.3 is 0 Å². The smallest absolute Gasteiger partial charge is 0.223 e. The first kappa shape index (κ1) is 12.5. The summed E-state index contributed by atoms with van der Waals surface area (Å²) in [4.78, 5) is 14.0. The minimum absolute atomic E-state index is 0.101. The summed E-state index contributed by atoms with van der Waals surface area (Å²) in [6.07, 6.45) is 2.97. The SMILES string of the molecule is CNC1CCCN(C(=O)CC(C)(C)C)C1. The Morgan fingerprint density at radius 2 is 2.13 bits per heavy atom. The predicted octanol–water partition coefficient (Wildman–Crippen LogP) is 1.63. The van der Waals surface area contributed by atoms with Gasteiger partial charge in [-0.15, -0.1) is 0 Å². The number of hydrogen-bond donors (Lipinski definition) is 1. The molecular formula is C12H24N2O. The average molecular weight is 212 g/mol. The van der Waals surface area contributed by atoms with Gasteiger partial charge in [-0.2, -0.15) is 0 Å². The molecule has 1 atom stereocenters. The van der Waals surface area contributed by atoms with Gasteiger partial charge in [-0.25, -0.2) is 0 Å². The number of nitrogens with zero attached hydrogens (tertiary/aromatic N) is 1. The number of likely N-dealkylation sites (N-methyl/N-ethyl adjacent to an activating group) is 1. The van der Waals surface area contributed by atoms with Crippen molar-refractivity contribution < 1.29 is 4.79 Å². The maximum Gasteiger partial charge on any atom is 0.223 e. The Labute approximate surface area is 93.2 Å². The van der Waals surface area contributed by atoms with Gasteiger partial charge in [0.25, 0.3) is 0 Å². The summed E-state index contributed by atoms with van der Waals surface area (Å²) in [5.41, 5.74) is 0.101. The van der Waals surface area contributed by atoms with Crippen molar-refractivity contribution in [1.29, 1.82) is 0 Å². The van der Waals surface area contributed by atoms with Crippen LogP contribution in [0.1, 0.15) is 40.0 Å². The molecule has 1 saturated heterocycles. The second-order valence-corrected chi connectivity index (χ2v) is 5.71. The summed E-state index contributed by atoms with van der Waals surface area (Å²) in [5, 5.41) is 3.26. The van der Waals surface area contributed by atoms with Gasteiger partial charge in [-0.1, -0.05) is 20.8 Å². The largest absolute Gasteiger partial charge is 0.341 e. The van der Waals surface area contributed by atoms with Crippen LogP contribution in [0.2, 0.25) is 0 Å². The predicted molar refractivity (Wildman–Crippen MR) is 62.7 cm³/mol. The number of nitrogens with one attached hydrogen (secondary N) is 1. The first-order chi connectivity index (χ1) is 6.92. The molecule has 15 heavy (non-hydrogen) atoms. The van der Waals surface area contributed by atoms with E-state index in [1.165, 1.54) is 6.42 Å². The van der Waals surface area contributed by atoms with Gasteiger partial charge in [0.05, 0.1) is 0 Å². The van der Waals surface area contributed by atoms with Gasteiger partial charge in [0.15, 0.2) is 0 Å². The molecule has 1 N–H and O–H groups in total. The van der Waals surface area contributed by atoms with E-state index in [9.17, 15) is 4.79 Å². The average Bonchev–Trinajstić information content (AvgIpc) is 2.15. The standard InChI is InChI=1S/C12H24N2O/c1-12(2,3)8-11(15)14-7-5-6-10(9-14)13-4/h10,13H,5-9H2,1-4H3. The highest BCUT2D eigenvalue weighted by molar-refractivity contribution is 5.77. The zero-order valence-electron chi connectivity index (χ0n) is 10.5. The molecule has 1 aliphatic heterocycles. The first-order valence-corrected chi connectivity index (χ1v) is 5.87. The summed E-state index contributed by atoms with van der Waals surface area (Å²) in [7, 11) is 1.97. The second-order valence-electron chi connectivity index (χ2n) is 5.71.